The molecule has 0 aliphatic heterocycles. The lowest BCUT2D eigenvalue weighted by atomic mass is 10.1. The molecule has 0 spiro atoms. The lowest BCUT2D eigenvalue weighted by Crippen LogP contribution is -2.01. The van der Waals surface area contributed by atoms with Gasteiger partial charge in [0.05, 0.1) is 17.7 Å². The molecule has 3 N–H and O–H groups in total. The van der Waals surface area contributed by atoms with E-state index in [1.54, 1.807) is 18.3 Å². The number of nitrogens with zero attached hydrogens (tertiary/aromatic N) is 3. The van der Waals surface area contributed by atoms with Crippen molar-refractivity contribution in [2.45, 2.75) is 6.61 Å². The standard InChI is InChI=1S/C18H13BrFN5O/c19-11-2-3-12-15(8-11)22-18(13-7-10(9-26)1-4-14(13)20)24-17(12)23-16-5-6-21-25-16/h1-8,26H,9H2,(H2,21,22,23,24,25). The minimum Gasteiger partial charge on any atom is -0.392 e. The zero-order valence-corrected chi connectivity index (χ0v) is 15.0. The Morgan fingerprint density at radius 2 is 2.00 bits per heavy atom. The molecule has 0 radical (unpaired) electrons. The van der Waals surface area contributed by atoms with Crippen LogP contribution in [0.1, 0.15) is 5.56 Å². The fraction of sp³-hybridized carbons (Fsp3) is 0.0556. The topological polar surface area (TPSA) is 86.7 Å². The van der Waals surface area contributed by atoms with E-state index in [2.05, 4.69) is 41.4 Å². The number of hydrogen-bond acceptors (Lipinski definition) is 5. The van der Waals surface area contributed by atoms with Crippen LogP contribution in [0.25, 0.3) is 22.3 Å². The number of aromatic nitrogens is 4. The maximum Gasteiger partial charge on any atom is 0.165 e. The minimum atomic E-state index is -0.456. The zero-order chi connectivity index (χ0) is 18.1. The molecule has 130 valence electrons. The summed E-state index contributed by atoms with van der Waals surface area (Å²) in [6.07, 6.45) is 1.69. The molecule has 2 heterocycles. The summed E-state index contributed by atoms with van der Waals surface area (Å²) in [7, 11) is 0. The molecule has 0 aliphatic carbocycles. The maximum atomic E-state index is 14.4. The molecular formula is C18H13BrFN5O. The third kappa shape index (κ3) is 3.16. The van der Waals surface area contributed by atoms with Gasteiger partial charge >= 0.3 is 0 Å². The van der Waals surface area contributed by atoms with Crippen LogP contribution in [0.4, 0.5) is 16.0 Å². The Morgan fingerprint density at radius 1 is 1.12 bits per heavy atom. The predicted molar refractivity (Wildman–Crippen MR) is 100 cm³/mol. The zero-order valence-electron chi connectivity index (χ0n) is 13.4. The van der Waals surface area contributed by atoms with Crippen LogP contribution in [0.5, 0.6) is 0 Å². The third-order valence-corrected chi connectivity index (χ3v) is 4.35. The SMILES string of the molecule is OCc1ccc(F)c(-c2nc(Nc3cc[nH]n3)c3ccc(Br)cc3n2)c1. The van der Waals surface area contributed by atoms with Crippen molar-refractivity contribution in [1.29, 1.82) is 0 Å². The molecule has 0 amide bonds. The highest BCUT2D eigenvalue weighted by molar-refractivity contribution is 9.10. The lowest BCUT2D eigenvalue weighted by Gasteiger charge is -2.11. The lowest BCUT2D eigenvalue weighted by molar-refractivity contribution is 0.282. The second-order valence-electron chi connectivity index (χ2n) is 5.61. The molecular weight excluding hydrogens is 401 g/mol. The fourth-order valence-corrected chi connectivity index (χ4v) is 2.96. The Balaban J connectivity index is 1.93. The summed E-state index contributed by atoms with van der Waals surface area (Å²) < 4.78 is 15.2. The highest BCUT2D eigenvalue weighted by Gasteiger charge is 2.14. The summed E-state index contributed by atoms with van der Waals surface area (Å²) in [4.78, 5) is 9.00. The first-order chi connectivity index (χ1) is 12.6. The molecule has 2 aromatic heterocycles. The van der Waals surface area contributed by atoms with Crippen LogP contribution in [0.3, 0.4) is 0 Å². The average Bonchev–Trinajstić information content (AvgIpc) is 3.14. The molecule has 0 saturated heterocycles. The van der Waals surface area contributed by atoms with Gasteiger partial charge in [0, 0.05) is 22.1 Å². The predicted octanol–water partition coefficient (Wildman–Crippen LogP) is 4.16. The summed E-state index contributed by atoms with van der Waals surface area (Å²) >= 11 is 3.43. The van der Waals surface area contributed by atoms with Gasteiger partial charge in [0.25, 0.3) is 0 Å². The van der Waals surface area contributed by atoms with E-state index in [-0.39, 0.29) is 18.0 Å². The van der Waals surface area contributed by atoms with Gasteiger partial charge in [-0.25, -0.2) is 14.4 Å². The summed E-state index contributed by atoms with van der Waals surface area (Å²) in [5, 5.41) is 20.0. The maximum absolute atomic E-state index is 14.4. The van der Waals surface area contributed by atoms with Crippen LogP contribution >= 0.6 is 15.9 Å². The quantitative estimate of drug-likeness (QED) is 0.467. The number of rotatable bonds is 4. The van der Waals surface area contributed by atoms with Crippen molar-refractivity contribution < 1.29 is 9.50 Å². The summed E-state index contributed by atoms with van der Waals surface area (Å²) in [5.74, 6) is 0.866. The smallest absolute Gasteiger partial charge is 0.165 e. The van der Waals surface area contributed by atoms with Crippen LogP contribution < -0.4 is 5.32 Å². The van der Waals surface area contributed by atoms with Gasteiger partial charge in [0.1, 0.15) is 11.6 Å². The second kappa shape index (κ2) is 6.81. The molecule has 0 aliphatic rings. The number of nitrogens with one attached hydrogen (secondary N) is 2. The highest BCUT2D eigenvalue weighted by atomic mass is 79.9. The van der Waals surface area contributed by atoms with Crippen molar-refractivity contribution >= 4 is 38.5 Å². The van der Waals surface area contributed by atoms with Crippen molar-refractivity contribution in [2.24, 2.45) is 0 Å². The molecule has 8 heteroatoms. The minimum absolute atomic E-state index is 0.190. The van der Waals surface area contributed by atoms with Gasteiger partial charge in [0.2, 0.25) is 0 Å². The number of aliphatic hydroxyl groups excluding tert-OH is 1. The first kappa shape index (κ1) is 16.6. The van der Waals surface area contributed by atoms with Gasteiger partial charge in [0.15, 0.2) is 11.6 Å². The van der Waals surface area contributed by atoms with E-state index in [0.717, 1.165) is 9.86 Å². The molecule has 0 unspecified atom stereocenters. The first-order valence-electron chi connectivity index (χ1n) is 7.78. The average molecular weight is 414 g/mol. The van der Waals surface area contributed by atoms with Crippen molar-refractivity contribution in [3.63, 3.8) is 0 Å². The number of benzene rings is 2. The fourth-order valence-electron chi connectivity index (χ4n) is 2.61. The Kier molecular flexibility index (Phi) is 4.36. The van der Waals surface area contributed by atoms with E-state index in [4.69, 9.17) is 0 Å². The number of aromatic amines is 1. The Morgan fingerprint density at radius 3 is 2.77 bits per heavy atom. The van der Waals surface area contributed by atoms with Gasteiger partial charge in [-0.3, -0.25) is 5.10 Å². The summed E-state index contributed by atoms with van der Waals surface area (Å²) in [6.45, 7) is -0.190. The first-order valence-corrected chi connectivity index (χ1v) is 8.57. The van der Waals surface area contributed by atoms with Crippen LogP contribution in [0.2, 0.25) is 0 Å². The van der Waals surface area contributed by atoms with Gasteiger partial charge < -0.3 is 10.4 Å². The van der Waals surface area contributed by atoms with Crippen LogP contribution in [-0.4, -0.2) is 25.3 Å². The number of hydrogen-bond donors (Lipinski definition) is 3. The molecule has 4 aromatic rings. The Hall–Kier alpha value is -2.84. The number of aliphatic hydroxyl groups is 1. The molecule has 0 bridgehead atoms. The molecule has 26 heavy (non-hydrogen) atoms. The number of halogens is 2. The van der Waals surface area contributed by atoms with Crippen molar-refractivity contribution in [2.75, 3.05) is 5.32 Å². The number of anilines is 2. The van der Waals surface area contributed by atoms with Gasteiger partial charge in [-0.2, -0.15) is 5.10 Å². The highest BCUT2D eigenvalue weighted by Crippen LogP contribution is 2.30. The van der Waals surface area contributed by atoms with Gasteiger partial charge in [-0.05, 0) is 35.9 Å². The largest absolute Gasteiger partial charge is 0.392 e. The van der Waals surface area contributed by atoms with E-state index < -0.39 is 5.82 Å². The second-order valence-corrected chi connectivity index (χ2v) is 6.53. The molecule has 0 saturated carbocycles. The Labute approximate surface area is 156 Å². The molecule has 0 atom stereocenters. The van der Waals surface area contributed by atoms with Crippen LogP contribution in [-0.2, 0) is 6.61 Å². The molecule has 4 rings (SSSR count). The van der Waals surface area contributed by atoms with Crippen molar-refractivity contribution in [1.82, 2.24) is 20.2 Å². The van der Waals surface area contributed by atoms with Gasteiger partial charge in [-0.15, -0.1) is 0 Å². The van der Waals surface area contributed by atoms with Crippen molar-refractivity contribution in [3.05, 3.63) is 64.5 Å². The van der Waals surface area contributed by atoms with E-state index >= 15 is 0 Å². The molecule has 6 nitrogen and oxygen atoms in total. The Bertz CT molecular complexity index is 1080. The summed E-state index contributed by atoms with van der Waals surface area (Å²) in [6, 6.07) is 11.7. The number of H-pyrrole nitrogens is 1. The van der Waals surface area contributed by atoms with Crippen LogP contribution in [0.15, 0.2) is 53.1 Å². The summed E-state index contributed by atoms with van der Waals surface area (Å²) in [5.41, 5.74) is 1.46. The molecule has 2 aromatic carbocycles. The normalized spacial score (nSPS) is 11.0. The van der Waals surface area contributed by atoms with Gasteiger partial charge in [-0.1, -0.05) is 22.0 Å². The van der Waals surface area contributed by atoms with E-state index in [9.17, 15) is 9.50 Å². The monoisotopic (exact) mass is 413 g/mol. The van der Waals surface area contributed by atoms with E-state index in [1.165, 1.54) is 12.1 Å². The third-order valence-electron chi connectivity index (χ3n) is 3.86. The van der Waals surface area contributed by atoms with E-state index in [1.807, 2.05) is 18.2 Å². The van der Waals surface area contributed by atoms with E-state index in [0.29, 0.717) is 22.7 Å². The van der Waals surface area contributed by atoms with Crippen LogP contribution in [0, 0.1) is 5.82 Å². The molecule has 0 fully saturated rings. The number of fused-ring (bicyclic) bond motifs is 1. The van der Waals surface area contributed by atoms with Crippen molar-refractivity contribution in [3.8, 4) is 11.4 Å².